The van der Waals surface area contributed by atoms with Crippen LogP contribution in [0.15, 0.2) is 30.3 Å². The Labute approximate surface area is 171 Å². The number of rotatable bonds is 2. The molecule has 0 saturated carbocycles. The number of ether oxygens (including phenoxy) is 2. The third-order valence-corrected chi connectivity index (χ3v) is 6.22. The minimum atomic E-state index is -1.32. The molecule has 4 rings (SSSR count). The Kier molecular flexibility index (Phi) is 4.85. The monoisotopic (exact) mass is 399 g/mol. The molecule has 3 aliphatic heterocycles. The fourth-order valence-electron chi connectivity index (χ4n) is 4.88. The molecule has 3 atom stereocenters. The maximum Gasteiger partial charge on any atom is 0.410 e. The van der Waals surface area contributed by atoms with Gasteiger partial charge in [0, 0.05) is 0 Å². The van der Waals surface area contributed by atoms with Crippen molar-refractivity contribution in [1.29, 1.82) is 5.26 Å². The minimum Gasteiger partial charge on any atom is -0.444 e. The van der Waals surface area contributed by atoms with Crippen LogP contribution in [0.3, 0.4) is 0 Å². The second-order valence-corrected chi connectivity index (χ2v) is 9.35. The SMILES string of the molecule is CC(C)(C)OC(=O)N1CC(O)([C@]2(C#N)CCC[C@@H]3OC[C@H](c4ccccc4)N32)C1. The Hall–Kier alpha value is -2.14. The highest BCUT2D eigenvalue weighted by atomic mass is 16.6. The first-order valence-electron chi connectivity index (χ1n) is 10.3. The van der Waals surface area contributed by atoms with Crippen LogP contribution >= 0.6 is 0 Å². The number of β-amino-alcohol motifs (C(OH)–C–C–N with tert-alkyl or cyclic N) is 1. The number of benzene rings is 1. The summed E-state index contributed by atoms with van der Waals surface area (Å²) in [7, 11) is 0. The molecule has 3 aliphatic rings. The summed E-state index contributed by atoms with van der Waals surface area (Å²) in [4.78, 5) is 15.9. The Balaban J connectivity index is 1.60. The molecule has 0 bridgehead atoms. The highest BCUT2D eigenvalue weighted by molar-refractivity contribution is 5.70. The number of hydrogen-bond acceptors (Lipinski definition) is 6. The first-order valence-corrected chi connectivity index (χ1v) is 10.3. The molecule has 0 aliphatic carbocycles. The number of carbonyl (C=O) groups excluding carboxylic acids is 1. The van der Waals surface area contributed by atoms with Crippen molar-refractivity contribution in [2.75, 3.05) is 19.7 Å². The van der Waals surface area contributed by atoms with E-state index in [0.29, 0.717) is 13.0 Å². The predicted molar refractivity (Wildman–Crippen MR) is 106 cm³/mol. The zero-order valence-electron chi connectivity index (χ0n) is 17.3. The van der Waals surface area contributed by atoms with Gasteiger partial charge in [-0.25, -0.2) is 9.69 Å². The predicted octanol–water partition coefficient (Wildman–Crippen LogP) is 2.81. The molecule has 7 nitrogen and oxygen atoms in total. The van der Waals surface area contributed by atoms with Gasteiger partial charge in [-0.15, -0.1) is 0 Å². The van der Waals surface area contributed by atoms with Crippen LogP contribution in [0.25, 0.3) is 0 Å². The molecule has 0 aromatic heterocycles. The molecule has 1 aromatic rings. The molecule has 29 heavy (non-hydrogen) atoms. The molecule has 3 fully saturated rings. The van der Waals surface area contributed by atoms with Gasteiger partial charge in [0.05, 0.1) is 31.8 Å². The second kappa shape index (κ2) is 6.98. The third-order valence-electron chi connectivity index (χ3n) is 6.22. The van der Waals surface area contributed by atoms with Crippen molar-refractivity contribution >= 4 is 6.09 Å². The fraction of sp³-hybridized carbons (Fsp3) is 0.636. The van der Waals surface area contributed by atoms with Gasteiger partial charge >= 0.3 is 6.09 Å². The lowest BCUT2D eigenvalue weighted by Crippen LogP contribution is -2.79. The van der Waals surface area contributed by atoms with Crippen LogP contribution in [0.5, 0.6) is 0 Å². The third kappa shape index (κ3) is 3.29. The normalized spacial score (nSPS) is 31.5. The van der Waals surface area contributed by atoms with Gasteiger partial charge in [-0.1, -0.05) is 30.3 Å². The van der Waals surface area contributed by atoms with Crippen LogP contribution < -0.4 is 0 Å². The highest BCUT2D eigenvalue weighted by Crippen LogP contribution is 2.50. The molecule has 1 amide bonds. The average Bonchev–Trinajstić information content (AvgIpc) is 3.09. The van der Waals surface area contributed by atoms with Crippen molar-refractivity contribution in [2.45, 2.75) is 69.0 Å². The molecule has 1 aromatic carbocycles. The lowest BCUT2D eigenvalue weighted by Gasteiger charge is -2.59. The summed E-state index contributed by atoms with van der Waals surface area (Å²) in [5.41, 5.74) is -1.96. The van der Waals surface area contributed by atoms with E-state index in [1.807, 2.05) is 51.1 Å². The number of fused-ring (bicyclic) bond motifs is 1. The Morgan fingerprint density at radius 1 is 1.31 bits per heavy atom. The van der Waals surface area contributed by atoms with Crippen molar-refractivity contribution in [2.24, 2.45) is 0 Å². The van der Waals surface area contributed by atoms with E-state index in [0.717, 1.165) is 18.4 Å². The summed E-state index contributed by atoms with van der Waals surface area (Å²) in [5, 5.41) is 21.9. The number of hydrogen-bond donors (Lipinski definition) is 1. The zero-order valence-corrected chi connectivity index (χ0v) is 17.3. The Bertz CT molecular complexity index is 810. The van der Waals surface area contributed by atoms with Gasteiger partial charge in [0.25, 0.3) is 0 Å². The molecule has 0 radical (unpaired) electrons. The first-order chi connectivity index (χ1) is 13.7. The van der Waals surface area contributed by atoms with E-state index in [2.05, 4.69) is 11.0 Å². The van der Waals surface area contributed by atoms with Gasteiger partial charge in [-0.2, -0.15) is 5.26 Å². The standard InChI is InChI=1S/C22H29N3O4/c1-20(2,3)29-19(26)24-14-22(27,15-24)21(13-23)11-7-10-18-25(21)17(12-28-18)16-8-5-4-6-9-16/h4-6,8-9,17-18,27H,7,10-12,14-15H2,1-3H3/t17-,18+,21-/m1/s1. The van der Waals surface area contributed by atoms with Crippen molar-refractivity contribution in [1.82, 2.24) is 9.80 Å². The van der Waals surface area contributed by atoms with Crippen LogP contribution in [-0.2, 0) is 9.47 Å². The molecule has 3 saturated heterocycles. The molecule has 1 N–H and O–H groups in total. The highest BCUT2D eigenvalue weighted by Gasteiger charge is 2.66. The lowest BCUT2D eigenvalue weighted by atomic mass is 9.68. The quantitative estimate of drug-likeness (QED) is 0.823. The zero-order chi connectivity index (χ0) is 20.9. The largest absolute Gasteiger partial charge is 0.444 e. The van der Waals surface area contributed by atoms with E-state index in [1.165, 1.54) is 4.90 Å². The van der Waals surface area contributed by atoms with E-state index in [4.69, 9.17) is 9.47 Å². The van der Waals surface area contributed by atoms with Gasteiger partial charge in [-0.05, 0) is 45.6 Å². The van der Waals surface area contributed by atoms with Crippen molar-refractivity contribution < 1.29 is 19.4 Å². The average molecular weight is 399 g/mol. The maximum absolute atomic E-state index is 12.4. The summed E-state index contributed by atoms with van der Waals surface area (Å²) in [6, 6.07) is 12.3. The molecule has 0 spiro atoms. The smallest absolute Gasteiger partial charge is 0.410 e. The number of piperidine rings is 1. The second-order valence-electron chi connectivity index (χ2n) is 9.35. The number of nitrogens with zero attached hydrogens (tertiary/aromatic N) is 3. The van der Waals surface area contributed by atoms with E-state index in [9.17, 15) is 15.2 Å². The van der Waals surface area contributed by atoms with Gasteiger partial charge in [0.2, 0.25) is 0 Å². The van der Waals surface area contributed by atoms with Gasteiger partial charge < -0.3 is 19.5 Å². The summed E-state index contributed by atoms with van der Waals surface area (Å²) in [6.07, 6.45) is 1.52. The molecule has 0 unspecified atom stereocenters. The summed E-state index contributed by atoms with van der Waals surface area (Å²) in [6.45, 7) is 6.09. The molecular weight excluding hydrogens is 370 g/mol. The fourth-order valence-corrected chi connectivity index (χ4v) is 4.88. The Morgan fingerprint density at radius 2 is 2.00 bits per heavy atom. The topological polar surface area (TPSA) is 86.0 Å². The Morgan fingerprint density at radius 3 is 2.62 bits per heavy atom. The van der Waals surface area contributed by atoms with Crippen LogP contribution in [0.2, 0.25) is 0 Å². The summed E-state index contributed by atoms with van der Waals surface area (Å²) in [5.74, 6) is 0. The van der Waals surface area contributed by atoms with Gasteiger partial charge in [-0.3, -0.25) is 0 Å². The molecule has 3 heterocycles. The van der Waals surface area contributed by atoms with Crippen LogP contribution in [-0.4, -0.2) is 63.7 Å². The van der Waals surface area contributed by atoms with Gasteiger partial charge in [0.1, 0.15) is 23.0 Å². The maximum atomic E-state index is 12.4. The number of amides is 1. The van der Waals surface area contributed by atoms with Crippen molar-refractivity contribution in [3.05, 3.63) is 35.9 Å². The number of likely N-dealkylation sites (tertiary alicyclic amines) is 1. The molecule has 7 heteroatoms. The summed E-state index contributed by atoms with van der Waals surface area (Å²) >= 11 is 0. The van der Waals surface area contributed by atoms with Crippen molar-refractivity contribution in [3.8, 4) is 6.07 Å². The molecular formula is C22H29N3O4. The van der Waals surface area contributed by atoms with Crippen LogP contribution in [0.1, 0.15) is 51.6 Å². The van der Waals surface area contributed by atoms with E-state index in [-0.39, 0.29) is 25.4 Å². The van der Waals surface area contributed by atoms with Gasteiger partial charge in [0.15, 0.2) is 0 Å². The van der Waals surface area contributed by atoms with E-state index < -0.39 is 22.8 Å². The first kappa shape index (κ1) is 20.1. The van der Waals surface area contributed by atoms with Crippen LogP contribution in [0, 0.1) is 11.3 Å². The van der Waals surface area contributed by atoms with Crippen LogP contribution in [0.4, 0.5) is 4.79 Å². The molecule has 156 valence electrons. The van der Waals surface area contributed by atoms with Crippen molar-refractivity contribution in [3.63, 3.8) is 0 Å². The lowest BCUT2D eigenvalue weighted by molar-refractivity contribution is -0.199. The number of nitriles is 1. The van der Waals surface area contributed by atoms with E-state index in [1.54, 1.807) is 0 Å². The number of aliphatic hydroxyl groups is 1. The summed E-state index contributed by atoms with van der Waals surface area (Å²) < 4.78 is 11.5. The minimum absolute atomic E-state index is 0.0835. The number of carbonyl (C=O) groups is 1. The van der Waals surface area contributed by atoms with E-state index >= 15 is 0 Å².